The molecule has 25 heavy (non-hydrogen) atoms. The molecule has 0 aliphatic heterocycles. The van der Waals surface area contributed by atoms with E-state index < -0.39 is 0 Å². The number of nitrogens with one attached hydrogen (secondary N) is 3. The largest absolute Gasteiger partial charge is 0.331 e. The van der Waals surface area contributed by atoms with Crippen molar-refractivity contribution >= 4 is 40.7 Å². The van der Waals surface area contributed by atoms with Gasteiger partial charge in [-0.1, -0.05) is 44.2 Å². The number of amides is 1. The predicted molar refractivity (Wildman–Crippen MR) is 110 cm³/mol. The summed E-state index contributed by atoms with van der Waals surface area (Å²) in [6.45, 7) is 6.16. The lowest BCUT2D eigenvalue weighted by Crippen LogP contribution is -2.46. The van der Waals surface area contributed by atoms with Gasteiger partial charge >= 0.3 is 0 Å². The van der Waals surface area contributed by atoms with Crippen molar-refractivity contribution in [1.82, 2.24) is 10.9 Å². The molecule has 132 valence electrons. The van der Waals surface area contributed by atoms with Crippen LogP contribution in [-0.2, 0) is 4.79 Å². The van der Waals surface area contributed by atoms with Gasteiger partial charge in [0, 0.05) is 10.6 Å². The Labute approximate surface area is 158 Å². The van der Waals surface area contributed by atoms with E-state index in [2.05, 4.69) is 42.1 Å². The fraction of sp³-hybridized carbons (Fsp3) is 0.263. The predicted octanol–water partition coefficient (Wildman–Crippen LogP) is 4.31. The van der Waals surface area contributed by atoms with Crippen LogP contribution in [0.25, 0.3) is 0 Å². The van der Waals surface area contributed by atoms with Crippen LogP contribution in [0, 0.1) is 0 Å². The van der Waals surface area contributed by atoms with E-state index in [1.165, 1.54) is 17.3 Å². The molecule has 6 heteroatoms. The minimum Gasteiger partial charge on any atom is -0.331 e. The highest BCUT2D eigenvalue weighted by Gasteiger charge is 2.14. The summed E-state index contributed by atoms with van der Waals surface area (Å²) in [6.07, 6.45) is 0. The Kier molecular flexibility index (Phi) is 7.28. The van der Waals surface area contributed by atoms with E-state index in [0.29, 0.717) is 11.0 Å². The number of hydrogen-bond acceptors (Lipinski definition) is 3. The van der Waals surface area contributed by atoms with E-state index in [1.54, 1.807) is 0 Å². The van der Waals surface area contributed by atoms with Crippen molar-refractivity contribution < 1.29 is 4.79 Å². The topological polar surface area (TPSA) is 53.2 Å². The van der Waals surface area contributed by atoms with Crippen molar-refractivity contribution in [3.63, 3.8) is 0 Å². The zero-order chi connectivity index (χ0) is 18.2. The minimum absolute atomic E-state index is 0.131. The highest BCUT2D eigenvalue weighted by molar-refractivity contribution is 8.00. The van der Waals surface area contributed by atoms with Gasteiger partial charge in [0.05, 0.1) is 5.25 Å². The summed E-state index contributed by atoms with van der Waals surface area (Å²) >= 11 is 6.71. The normalized spacial score (nSPS) is 11.7. The molecule has 2 rings (SSSR count). The first kappa shape index (κ1) is 19.3. The molecule has 0 bridgehead atoms. The second-order valence-electron chi connectivity index (χ2n) is 5.92. The first-order valence-corrected chi connectivity index (χ1v) is 9.43. The molecule has 0 unspecified atom stereocenters. The molecule has 1 amide bonds. The molecular formula is C19H23N3OS2. The highest BCUT2D eigenvalue weighted by atomic mass is 32.2. The number of hydrazine groups is 1. The second kappa shape index (κ2) is 9.44. The maximum atomic E-state index is 12.1. The Hall–Kier alpha value is -2.05. The zero-order valence-corrected chi connectivity index (χ0v) is 16.2. The molecule has 0 saturated carbocycles. The first-order valence-electron chi connectivity index (χ1n) is 8.14. The van der Waals surface area contributed by atoms with Crippen molar-refractivity contribution in [2.45, 2.75) is 36.8 Å². The molecule has 0 heterocycles. The Balaban J connectivity index is 1.77. The van der Waals surface area contributed by atoms with E-state index in [0.717, 1.165) is 10.6 Å². The van der Waals surface area contributed by atoms with Crippen LogP contribution < -0.4 is 16.2 Å². The average molecular weight is 374 g/mol. The van der Waals surface area contributed by atoms with Crippen molar-refractivity contribution in [2.24, 2.45) is 0 Å². The molecule has 0 fully saturated rings. The van der Waals surface area contributed by atoms with Crippen molar-refractivity contribution in [1.29, 1.82) is 0 Å². The molecule has 0 aliphatic rings. The third-order valence-electron chi connectivity index (χ3n) is 3.56. The van der Waals surface area contributed by atoms with Gasteiger partial charge in [0.25, 0.3) is 5.91 Å². The number of rotatable bonds is 5. The maximum Gasteiger partial charge on any atom is 0.251 e. The summed E-state index contributed by atoms with van der Waals surface area (Å²) in [4.78, 5) is 13.2. The number of carbonyl (C=O) groups excluding carboxylic acids is 1. The molecule has 2 aromatic rings. The second-order valence-corrected chi connectivity index (χ2v) is 7.74. The number of anilines is 1. The lowest BCUT2D eigenvalue weighted by molar-refractivity contribution is -0.120. The molecule has 0 radical (unpaired) electrons. The van der Waals surface area contributed by atoms with Crippen LogP contribution in [0.3, 0.4) is 0 Å². The fourth-order valence-electron chi connectivity index (χ4n) is 2.09. The Morgan fingerprint density at radius 3 is 2.20 bits per heavy atom. The lowest BCUT2D eigenvalue weighted by atomic mass is 10.0. The summed E-state index contributed by atoms with van der Waals surface area (Å²) in [5.41, 5.74) is 7.53. The monoisotopic (exact) mass is 373 g/mol. The van der Waals surface area contributed by atoms with Crippen molar-refractivity contribution in [3.05, 3.63) is 60.2 Å². The number of thioether (sulfide) groups is 1. The number of thiocarbonyl (C=S) groups is 1. The minimum atomic E-state index is -0.233. The Bertz CT molecular complexity index is 702. The van der Waals surface area contributed by atoms with Crippen LogP contribution >= 0.6 is 24.0 Å². The summed E-state index contributed by atoms with van der Waals surface area (Å²) < 4.78 is 0. The zero-order valence-electron chi connectivity index (χ0n) is 14.6. The van der Waals surface area contributed by atoms with Gasteiger partial charge in [-0.05, 0) is 54.9 Å². The average Bonchev–Trinajstić information content (AvgIpc) is 2.61. The summed E-state index contributed by atoms with van der Waals surface area (Å²) in [6, 6.07) is 17.9. The van der Waals surface area contributed by atoms with Gasteiger partial charge in [-0.15, -0.1) is 11.8 Å². The van der Waals surface area contributed by atoms with Crippen LogP contribution in [0.5, 0.6) is 0 Å². The van der Waals surface area contributed by atoms with Gasteiger partial charge in [0.2, 0.25) is 0 Å². The molecule has 2 aromatic carbocycles. The molecule has 0 aromatic heterocycles. The SMILES string of the molecule is CC(C)c1ccc(NC(=S)NNC(=O)[C@@H](C)Sc2ccccc2)cc1. The van der Waals surface area contributed by atoms with Crippen LogP contribution in [0.4, 0.5) is 5.69 Å². The molecule has 0 spiro atoms. The molecule has 0 saturated heterocycles. The van der Waals surface area contributed by atoms with E-state index in [9.17, 15) is 4.79 Å². The standard InChI is InChI=1S/C19H23N3OS2/c1-13(2)15-9-11-16(12-10-15)20-19(24)22-21-18(23)14(3)25-17-7-5-4-6-8-17/h4-14H,1-3H3,(H,21,23)(H2,20,22,24)/t14-/m1/s1. The Morgan fingerprint density at radius 2 is 1.60 bits per heavy atom. The van der Waals surface area contributed by atoms with E-state index >= 15 is 0 Å². The van der Waals surface area contributed by atoms with Crippen LogP contribution in [0.1, 0.15) is 32.3 Å². The van der Waals surface area contributed by atoms with Crippen LogP contribution in [-0.4, -0.2) is 16.3 Å². The van der Waals surface area contributed by atoms with Gasteiger partial charge in [-0.2, -0.15) is 0 Å². The van der Waals surface area contributed by atoms with E-state index in [-0.39, 0.29) is 11.2 Å². The van der Waals surface area contributed by atoms with Gasteiger partial charge < -0.3 is 5.32 Å². The van der Waals surface area contributed by atoms with Gasteiger partial charge in [0.15, 0.2) is 5.11 Å². The third kappa shape index (κ3) is 6.40. The number of benzene rings is 2. The lowest BCUT2D eigenvalue weighted by Gasteiger charge is -2.15. The van der Waals surface area contributed by atoms with E-state index in [1.807, 2.05) is 49.4 Å². The highest BCUT2D eigenvalue weighted by Crippen LogP contribution is 2.22. The Morgan fingerprint density at radius 1 is 0.960 bits per heavy atom. The van der Waals surface area contributed by atoms with Gasteiger partial charge in [-0.3, -0.25) is 15.6 Å². The maximum absolute atomic E-state index is 12.1. The number of carbonyl (C=O) groups is 1. The fourth-order valence-corrected chi connectivity index (χ4v) is 3.15. The molecule has 3 N–H and O–H groups in total. The van der Waals surface area contributed by atoms with E-state index in [4.69, 9.17) is 12.2 Å². The van der Waals surface area contributed by atoms with Crippen LogP contribution in [0.2, 0.25) is 0 Å². The van der Waals surface area contributed by atoms with Crippen molar-refractivity contribution in [3.8, 4) is 0 Å². The summed E-state index contributed by atoms with van der Waals surface area (Å²) in [5.74, 6) is 0.357. The molecule has 0 aliphatic carbocycles. The first-order chi connectivity index (χ1) is 12.0. The van der Waals surface area contributed by atoms with Gasteiger partial charge in [-0.25, -0.2) is 0 Å². The number of hydrogen-bond donors (Lipinski definition) is 3. The molecule has 1 atom stereocenters. The van der Waals surface area contributed by atoms with Gasteiger partial charge in [0.1, 0.15) is 0 Å². The third-order valence-corrected chi connectivity index (χ3v) is 4.88. The molecule has 4 nitrogen and oxygen atoms in total. The van der Waals surface area contributed by atoms with Crippen molar-refractivity contribution in [2.75, 3.05) is 5.32 Å². The quantitative estimate of drug-likeness (QED) is 0.414. The summed E-state index contributed by atoms with van der Waals surface area (Å²) in [5, 5.41) is 3.17. The smallest absolute Gasteiger partial charge is 0.251 e. The summed E-state index contributed by atoms with van der Waals surface area (Å²) in [7, 11) is 0. The molecular weight excluding hydrogens is 350 g/mol. The van der Waals surface area contributed by atoms with Crippen LogP contribution in [0.15, 0.2) is 59.5 Å².